The molecule has 0 N–H and O–H groups in total. The molecule has 0 saturated heterocycles. The number of hydrogen-bond donors (Lipinski definition) is 0. The third kappa shape index (κ3) is 5.35. The van der Waals surface area contributed by atoms with Crippen LogP contribution in [0.3, 0.4) is 0 Å². The highest BCUT2D eigenvalue weighted by atomic mass is 16.3. The highest BCUT2D eigenvalue weighted by Gasteiger charge is 2.17. The molecular formula is C44H29N5O. The summed E-state index contributed by atoms with van der Waals surface area (Å²) >= 11 is 0. The van der Waals surface area contributed by atoms with Gasteiger partial charge in [-0.1, -0.05) is 134 Å². The molecule has 9 rings (SSSR count). The minimum absolute atomic E-state index is 0.565. The number of fused-ring (bicyclic) bond motifs is 6. The maximum Gasteiger partial charge on any atom is 0.165 e. The van der Waals surface area contributed by atoms with Crippen molar-refractivity contribution in [2.45, 2.75) is 0 Å². The third-order valence-corrected chi connectivity index (χ3v) is 8.80. The van der Waals surface area contributed by atoms with Gasteiger partial charge in [-0.25, -0.2) is 19.9 Å². The average Bonchev–Trinajstić information content (AvgIpc) is 3.69. The summed E-state index contributed by atoms with van der Waals surface area (Å²) in [6.45, 7) is 0. The second kappa shape index (κ2) is 12.6. The lowest BCUT2D eigenvalue weighted by Crippen LogP contribution is -2.19. The topological polar surface area (TPSA) is 69.6 Å². The Bertz CT molecular complexity index is 2680. The molecule has 0 fully saturated rings. The van der Waals surface area contributed by atoms with Gasteiger partial charge in [0.15, 0.2) is 17.5 Å². The lowest BCUT2D eigenvalue weighted by Gasteiger charge is -2.10. The Labute approximate surface area is 288 Å². The molecule has 4 aromatic heterocycles. The predicted octanol–water partition coefficient (Wildman–Crippen LogP) is 8.82. The molecule has 0 unspecified atom stereocenters. The fourth-order valence-corrected chi connectivity index (χ4v) is 6.43. The molecule has 0 amide bonds. The van der Waals surface area contributed by atoms with Gasteiger partial charge in [0.05, 0.1) is 11.2 Å². The summed E-state index contributed by atoms with van der Waals surface area (Å²) in [6.07, 6.45) is 18.5. The molecule has 236 valence electrons. The van der Waals surface area contributed by atoms with Gasteiger partial charge in [0.25, 0.3) is 0 Å². The van der Waals surface area contributed by atoms with Crippen LogP contribution in [0.1, 0.15) is 11.3 Å². The van der Waals surface area contributed by atoms with Gasteiger partial charge >= 0.3 is 0 Å². The van der Waals surface area contributed by atoms with Crippen LogP contribution in [0.2, 0.25) is 0 Å². The summed E-state index contributed by atoms with van der Waals surface area (Å²) in [7, 11) is 0. The van der Waals surface area contributed by atoms with E-state index in [9.17, 15) is 0 Å². The minimum Gasteiger partial charge on any atom is -0.456 e. The monoisotopic (exact) mass is 643 g/mol. The number of aromatic nitrogens is 5. The van der Waals surface area contributed by atoms with Crippen molar-refractivity contribution in [1.82, 2.24) is 24.5 Å². The summed E-state index contributed by atoms with van der Waals surface area (Å²) in [6, 6.07) is 40.6. The molecule has 1 aliphatic rings. The highest BCUT2D eigenvalue weighted by molar-refractivity contribution is 5.96. The Kier molecular flexibility index (Phi) is 7.37. The van der Waals surface area contributed by atoms with Crippen molar-refractivity contribution in [3.05, 3.63) is 174 Å². The van der Waals surface area contributed by atoms with Crippen LogP contribution in [0.4, 0.5) is 0 Å². The molecule has 0 bridgehead atoms. The quantitative estimate of drug-likeness (QED) is 0.192. The van der Waals surface area contributed by atoms with E-state index in [0.29, 0.717) is 17.5 Å². The Morgan fingerprint density at radius 3 is 1.88 bits per heavy atom. The Morgan fingerprint density at radius 2 is 1.16 bits per heavy atom. The maximum atomic E-state index is 6.17. The van der Waals surface area contributed by atoms with Crippen LogP contribution in [-0.2, 0) is 0 Å². The lowest BCUT2D eigenvalue weighted by molar-refractivity contribution is 0.576. The van der Waals surface area contributed by atoms with Crippen LogP contribution in [0.25, 0.3) is 86.2 Å². The van der Waals surface area contributed by atoms with Crippen LogP contribution in [0, 0.1) is 0 Å². The van der Waals surface area contributed by atoms with Gasteiger partial charge in [-0.2, -0.15) is 0 Å². The van der Waals surface area contributed by atoms with Crippen molar-refractivity contribution in [2.24, 2.45) is 0 Å². The molecule has 50 heavy (non-hydrogen) atoms. The summed E-state index contributed by atoms with van der Waals surface area (Å²) in [5.41, 5.74) is 7.54. The van der Waals surface area contributed by atoms with E-state index < -0.39 is 0 Å². The molecular weight excluding hydrogens is 615 g/mol. The predicted molar refractivity (Wildman–Crippen MR) is 202 cm³/mol. The molecule has 0 radical (unpaired) electrons. The lowest BCUT2D eigenvalue weighted by atomic mass is 10.1. The first kappa shape index (κ1) is 29.2. The van der Waals surface area contributed by atoms with Gasteiger partial charge in [0, 0.05) is 44.4 Å². The number of para-hydroxylation sites is 2. The first-order chi connectivity index (χ1) is 24.8. The zero-order valence-electron chi connectivity index (χ0n) is 26.9. The van der Waals surface area contributed by atoms with E-state index in [1.165, 1.54) is 0 Å². The van der Waals surface area contributed by atoms with E-state index >= 15 is 0 Å². The number of pyridine rings is 1. The SMILES string of the molecule is C1=C/C=c2/oc3ccccc3/c2=C\C=C\c2c(n(-c3ccc(-c4nc(-c5ccccc5)nc(-c5ccccc5)n4)cn3)c3ccccc23)C=C1. The van der Waals surface area contributed by atoms with Crippen molar-refractivity contribution in [3.8, 4) is 40.0 Å². The largest absolute Gasteiger partial charge is 0.456 e. The Morgan fingerprint density at radius 1 is 0.500 bits per heavy atom. The standard InChI is InChI=1S/C44H29N5O/c1-4-15-30(16-5-1)42-46-43(31-17-6-2-7-18-31)48-44(47-42)32-27-28-41(45-29-32)49-37-23-8-3-9-25-39-36(35-20-11-13-26-40(35)50-39)22-14-21-34(37)33-19-10-12-24-38(33)49/h1-29H/b8-3?,9-3?,21-14+,22-14?,23-8?,25-9?,34-21?,36-22+,37-23?,39-25+. The van der Waals surface area contributed by atoms with Crippen molar-refractivity contribution < 1.29 is 4.42 Å². The number of allylic oxidation sites excluding steroid dienone is 4. The third-order valence-electron chi connectivity index (χ3n) is 8.80. The molecule has 0 saturated carbocycles. The second-order valence-electron chi connectivity index (χ2n) is 11.9. The minimum atomic E-state index is 0.565. The fraction of sp³-hybridized carbons (Fsp3) is 0. The number of nitrogens with zero attached hydrogens (tertiary/aromatic N) is 5. The van der Waals surface area contributed by atoms with Gasteiger partial charge in [0.1, 0.15) is 16.8 Å². The zero-order valence-corrected chi connectivity index (χ0v) is 26.9. The number of furan rings is 1. The van der Waals surface area contributed by atoms with Gasteiger partial charge in [0.2, 0.25) is 0 Å². The molecule has 4 aromatic carbocycles. The molecule has 0 atom stereocenters. The molecule has 0 spiro atoms. The molecule has 6 nitrogen and oxygen atoms in total. The van der Waals surface area contributed by atoms with Crippen molar-refractivity contribution in [1.29, 1.82) is 0 Å². The van der Waals surface area contributed by atoms with E-state index in [1.807, 2.05) is 115 Å². The summed E-state index contributed by atoms with van der Waals surface area (Å²) < 4.78 is 8.38. The van der Waals surface area contributed by atoms with E-state index in [0.717, 1.165) is 66.3 Å². The number of hydrogen-bond acceptors (Lipinski definition) is 5. The smallest absolute Gasteiger partial charge is 0.165 e. The molecule has 4 heterocycles. The van der Waals surface area contributed by atoms with Gasteiger partial charge in [-0.05, 0) is 36.4 Å². The fourth-order valence-electron chi connectivity index (χ4n) is 6.43. The van der Waals surface area contributed by atoms with Crippen LogP contribution in [-0.4, -0.2) is 24.5 Å². The normalized spacial score (nSPS) is 14.5. The zero-order chi connectivity index (χ0) is 33.3. The van der Waals surface area contributed by atoms with Gasteiger partial charge < -0.3 is 4.42 Å². The number of rotatable bonds is 4. The van der Waals surface area contributed by atoms with Crippen LogP contribution in [0.15, 0.2) is 156 Å². The number of benzene rings is 4. The average molecular weight is 644 g/mol. The van der Waals surface area contributed by atoms with Crippen LogP contribution >= 0.6 is 0 Å². The summed E-state index contributed by atoms with van der Waals surface area (Å²) in [5.74, 6) is 2.59. The summed E-state index contributed by atoms with van der Waals surface area (Å²) in [4.78, 5) is 19.6. The molecule has 1 aliphatic carbocycles. The molecule has 0 aliphatic heterocycles. The van der Waals surface area contributed by atoms with Crippen molar-refractivity contribution in [3.63, 3.8) is 0 Å². The second-order valence-corrected chi connectivity index (χ2v) is 11.9. The Hall–Kier alpha value is -6.92. The van der Waals surface area contributed by atoms with E-state index in [1.54, 1.807) is 0 Å². The van der Waals surface area contributed by atoms with Crippen molar-refractivity contribution in [2.75, 3.05) is 0 Å². The van der Waals surface area contributed by atoms with E-state index in [2.05, 4.69) is 65.3 Å². The Balaban J connectivity index is 1.17. The maximum absolute atomic E-state index is 6.17. The molecule has 6 heteroatoms. The van der Waals surface area contributed by atoms with Crippen molar-refractivity contribution >= 4 is 46.2 Å². The van der Waals surface area contributed by atoms with E-state index in [4.69, 9.17) is 24.4 Å². The summed E-state index contributed by atoms with van der Waals surface area (Å²) in [5, 5.41) is 3.27. The first-order valence-electron chi connectivity index (χ1n) is 16.5. The van der Waals surface area contributed by atoms with Gasteiger partial charge in [-0.3, -0.25) is 4.57 Å². The molecule has 8 aromatic rings. The van der Waals surface area contributed by atoms with E-state index in [-0.39, 0.29) is 0 Å². The van der Waals surface area contributed by atoms with Crippen LogP contribution in [0.5, 0.6) is 0 Å². The van der Waals surface area contributed by atoms with Gasteiger partial charge in [-0.15, -0.1) is 0 Å². The first-order valence-corrected chi connectivity index (χ1v) is 16.5. The highest BCUT2D eigenvalue weighted by Crippen LogP contribution is 2.32. The van der Waals surface area contributed by atoms with Crippen LogP contribution < -0.4 is 10.6 Å².